The van der Waals surface area contributed by atoms with E-state index in [-0.39, 0.29) is 17.6 Å². The lowest BCUT2D eigenvalue weighted by Crippen LogP contribution is -2.55. The second-order valence-electron chi connectivity index (χ2n) is 8.87. The van der Waals surface area contributed by atoms with Gasteiger partial charge in [-0.3, -0.25) is 14.7 Å². The topological polar surface area (TPSA) is 82.6 Å². The molecule has 2 aromatic heterocycles. The Morgan fingerprint density at radius 3 is 2.89 bits per heavy atom. The fourth-order valence-corrected chi connectivity index (χ4v) is 4.76. The van der Waals surface area contributed by atoms with Crippen LogP contribution in [0.5, 0.6) is 5.75 Å². The van der Waals surface area contributed by atoms with Crippen molar-refractivity contribution in [3.05, 3.63) is 77.9 Å². The van der Waals surface area contributed by atoms with E-state index >= 15 is 0 Å². The van der Waals surface area contributed by atoms with Gasteiger partial charge in [0.05, 0.1) is 35.9 Å². The molecule has 4 aromatic rings. The van der Waals surface area contributed by atoms with Crippen molar-refractivity contribution < 1.29 is 18.3 Å². The number of pyridine rings is 1. The van der Waals surface area contributed by atoms with Crippen LogP contribution in [0.25, 0.3) is 22.3 Å². The number of hydrogen-bond donors (Lipinski definition) is 0. The van der Waals surface area contributed by atoms with Crippen LogP contribution >= 0.6 is 0 Å². The van der Waals surface area contributed by atoms with Crippen molar-refractivity contribution in [3.63, 3.8) is 0 Å². The van der Waals surface area contributed by atoms with Gasteiger partial charge in [0.2, 0.25) is 5.91 Å². The number of carbonyl (C=O) groups excluding carboxylic acids is 1. The van der Waals surface area contributed by atoms with Gasteiger partial charge in [-0.05, 0) is 42.0 Å². The SMILES string of the molecule is N#Cc1ccc2oc(-c3cncc4c3OCCN4C(=O)C3CN(Cc4cccc(F)c4)C3)cc2c1. The minimum atomic E-state index is -0.251. The van der Waals surface area contributed by atoms with E-state index < -0.39 is 0 Å². The monoisotopic (exact) mass is 468 g/mol. The molecule has 0 bridgehead atoms. The number of likely N-dealkylation sites (tertiary alicyclic amines) is 1. The van der Waals surface area contributed by atoms with E-state index in [1.165, 1.54) is 12.1 Å². The van der Waals surface area contributed by atoms with Crippen molar-refractivity contribution in [2.75, 3.05) is 31.1 Å². The number of nitrogens with zero attached hydrogens (tertiary/aromatic N) is 4. The molecule has 35 heavy (non-hydrogen) atoms. The number of furan rings is 1. The van der Waals surface area contributed by atoms with E-state index in [2.05, 4.69) is 16.0 Å². The van der Waals surface area contributed by atoms with Gasteiger partial charge in [-0.25, -0.2) is 4.39 Å². The summed E-state index contributed by atoms with van der Waals surface area (Å²) in [5.74, 6) is 0.786. The molecular formula is C27H21FN4O3. The molecule has 7 nitrogen and oxygen atoms in total. The molecule has 0 radical (unpaired) electrons. The van der Waals surface area contributed by atoms with Gasteiger partial charge in [-0.15, -0.1) is 0 Å². The van der Waals surface area contributed by atoms with Crippen LogP contribution in [-0.4, -0.2) is 42.0 Å². The van der Waals surface area contributed by atoms with Gasteiger partial charge in [-0.1, -0.05) is 12.1 Å². The van der Waals surface area contributed by atoms with Crippen LogP contribution in [0.15, 0.2) is 65.3 Å². The van der Waals surface area contributed by atoms with Gasteiger partial charge in [0, 0.05) is 31.2 Å². The highest BCUT2D eigenvalue weighted by Gasteiger charge is 2.38. The second kappa shape index (κ2) is 8.53. The maximum absolute atomic E-state index is 13.5. The van der Waals surface area contributed by atoms with Crippen molar-refractivity contribution in [3.8, 4) is 23.1 Å². The largest absolute Gasteiger partial charge is 0.489 e. The van der Waals surface area contributed by atoms with Crippen molar-refractivity contribution in [1.82, 2.24) is 9.88 Å². The Morgan fingerprint density at radius 1 is 1.17 bits per heavy atom. The van der Waals surface area contributed by atoms with E-state index in [1.54, 1.807) is 41.6 Å². The third-order valence-electron chi connectivity index (χ3n) is 6.51. The van der Waals surface area contributed by atoms with Crippen LogP contribution in [0.1, 0.15) is 11.1 Å². The van der Waals surface area contributed by atoms with Crippen molar-refractivity contribution in [1.29, 1.82) is 5.26 Å². The van der Waals surface area contributed by atoms with Crippen LogP contribution in [0.3, 0.4) is 0 Å². The van der Waals surface area contributed by atoms with E-state index in [0.717, 1.165) is 10.9 Å². The lowest BCUT2D eigenvalue weighted by molar-refractivity contribution is -0.128. The lowest BCUT2D eigenvalue weighted by atomic mass is 9.96. The summed E-state index contributed by atoms with van der Waals surface area (Å²) in [7, 11) is 0. The number of carbonyl (C=O) groups is 1. The number of aromatic nitrogens is 1. The molecule has 1 amide bonds. The van der Waals surface area contributed by atoms with Crippen LogP contribution in [0.4, 0.5) is 10.1 Å². The smallest absolute Gasteiger partial charge is 0.232 e. The molecule has 6 rings (SSSR count). The predicted molar refractivity (Wildman–Crippen MR) is 127 cm³/mol. The molecule has 2 aliphatic heterocycles. The summed E-state index contributed by atoms with van der Waals surface area (Å²) < 4.78 is 25.5. The predicted octanol–water partition coefficient (Wildman–Crippen LogP) is 4.36. The molecule has 0 spiro atoms. The Bertz CT molecular complexity index is 1490. The Balaban J connectivity index is 1.22. The number of nitriles is 1. The molecule has 2 aliphatic rings. The minimum Gasteiger partial charge on any atom is -0.489 e. The van der Waals surface area contributed by atoms with Crippen LogP contribution in [-0.2, 0) is 11.3 Å². The molecule has 8 heteroatoms. The molecule has 0 saturated carbocycles. The Morgan fingerprint density at radius 2 is 2.06 bits per heavy atom. The first-order valence-electron chi connectivity index (χ1n) is 11.4. The van der Waals surface area contributed by atoms with Crippen LogP contribution in [0, 0.1) is 23.1 Å². The number of rotatable bonds is 4. The van der Waals surface area contributed by atoms with Gasteiger partial charge < -0.3 is 14.1 Å². The summed E-state index contributed by atoms with van der Waals surface area (Å²) in [6, 6.07) is 15.8. The zero-order valence-corrected chi connectivity index (χ0v) is 18.8. The normalized spacial score (nSPS) is 15.8. The van der Waals surface area contributed by atoms with Crippen molar-refractivity contribution >= 4 is 22.6 Å². The molecule has 0 N–H and O–H groups in total. The van der Waals surface area contributed by atoms with Gasteiger partial charge in [0.1, 0.15) is 29.5 Å². The molecular weight excluding hydrogens is 447 g/mol. The number of halogens is 1. The van der Waals surface area contributed by atoms with Crippen molar-refractivity contribution in [2.45, 2.75) is 6.54 Å². The fraction of sp³-hybridized carbons (Fsp3) is 0.222. The number of anilines is 1. The van der Waals surface area contributed by atoms with Gasteiger partial charge >= 0.3 is 0 Å². The van der Waals surface area contributed by atoms with Gasteiger partial charge in [0.25, 0.3) is 0 Å². The van der Waals surface area contributed by atoms with E-state index in [0.29, 0.717) is 66.7 Å². The zero-order valence-electron chi connectivity index (χ0n) is 18.8. The summed E-state index contributed by atoms with van der Waals surface area (Å²) in [4.78, 5) is 21.6. The Kier molecular flexibility index (Phi) is 5.20. The maximum Gasteiger partial charge on any atom is 0.232 e. The third-order valence-corrected chi connectivity index (χ3v) is 6.51. The first-order chi connectivity index (χ1) is 17.1. The average Bonchev–Trinajstić information content (AvgIpc) is 3.28. The number of fused-ring (bicyclic) bond motifs is 2. The number of ether oxygens (including phenoxy) is 1. The van der Waals surface area contributed by atoms with Gasteiger partial charge in [0.15, 0.2) is 5.75 Å². The highest BCUT2D eigenvalue weighted by atomic mass is 19.1. The second-order valence-corrected chi connectivity index (χ2v) is 8.87. The molecule has 174 valence electrons. The van der Waals surface area contributed by atoms with E-state index in [9.17, 15) is 9.18 Å². The number of benzene rings is 2. The van der Waals surface area contributed by atoms with E-state index in [1.807, 2.05) is 12.1 Å². The highest BCUT2D eigenvalue weighted by molar-refractivity contribution is 5.99. The molecule has 0 aliphatic carbocycles. The summed E-state index contributed by atoms with van der Waals surface area (Å²) >= 11 is 0. The van der Waals surface area contributed by atoms with Crippen LogP contribution < -0.4 is 9.64 Å². The molecule has 0 atom stereocenters. The Labute approximate surface area is 201 Å². The minimum absolute atomic E-state index is 0.0345. The summed E-state index contributed by atoms with van der Waals surface area (Å²) in [5, 5.41) is 9.98. The standard InChI is InChI=1S/C27H21FN4O3/c28-21-3-1-2-18(9-21)14-31-15-20(16-31)27(33)32-6-7-34-26-22(12-30-13-23(26)32)25-10-19-8-17(11-29)4-5-24(19)35-25/h1-5,8-10,12-13,20H,6-7,14-16H2. The van der Waals surface area contributed by atoms with E-state index in [4.69, 9.17) is 14.4 Å². The molecule has 0 unspecified atom stereocenters. The summed E-state index contributed by atoms with van der Waals surface area (Å²) in [5.41, 5.74) is 3.40. The molecule has 1 saturated heterocycles. The summed E-state index contributed by atoms with van der Waals surface area (Å²) in [6.45, 7) is 2.68. The third kappa shape index (κ3) is 3.90. The number of amides is 1. The summed E-state index contributed by atoms with van der Waals surface area (Å²) in [6.07, 6.45) is 3.31. The van der Waals surface area contributed by atoms with Crippen LogP contribution in [0.2, 0.25) is 0 Å². The Hall–Kier alpha value is -4.22. The first kappa shape index (κ1) is 21.3. The first-order valence-corrected chi connectivity index (χ1v) is 11.4. The molecule has 4 heterocycles. The molecule has 1 fully saturated rings. The lowest BCUT2D eigenvalue weighted by Gasteiger charge is -2.41. The average molecular weight is 468 g/mol. The van der Waals surface area contributed by atoms with Crippen molar-refractivity contribution in [2.24, 2.45) is 5.92 Å². The van der Waals surface area contributed by atoms with Gasteiger partial charge in [-0.2, -0.15) is 5.26 Å². The zero-order chi connectivity index (χ0) is 23.9. The highest BCUT2D eigenvalue weighted by Crippen LogP contribution is 2.42. The fourth-order valence-electron chi connectivity index (χ4n) is 4.76. The maximum atomic E-state index is 13.5. The quantitative estimate of drug-likeness (QED) is 0.443. The molecule has 2 aromatic carbocycles. The number of hydrogen-bond acceptors (Lipinski definition) is 6.